The van der Waals surface area contributed by atoms with E-state index in [0.717, 1.165) is 22.6 Å². The minimum atomic E-state index is -0.583. The lowest BCUT2D eigenvalue weighted by molar-refractivity contribution is -0.138. The zero-order valence-corrected chi connectivity index (χ0v) is 17.5. The Morgan fingerprint density at radius 1 is 1.29 bits per heavy atom. The van der Waals surface area contributed by atoms with E-state index in [2.05, 4.69) is 4.99 Å². The second-order valence-electron chi connectivity index (χ2n) is 6.41. The van der Waals surface area contributed by atoms with Gasteiger partial charge in [-0.25, -0.2) is 9.79 Å². The lowest BCUT2D eigenvalue weighted by Gasteiger charge is -2.12. The van der Waals surface area contributed by atoms with Crippen LogP contribution in [0.3, 0.4) is 0 Å². The van der Waals surface area contributed by atoms with E-state index in [1.165, 1.54) is 0 Å². The Balaban J connectivity index is 2.08. The average Bonchev–Trinajstić information content (AvgIpc) is 3.06. The third-order valence-electron chi connectivity index (χ3n) is 4.54. The number of nitrogens with zero attached hydrogens (tertiary/aromatic N) is 2. The van der Waals surface area contributed by atoms with Crippen LogP contribution >= 0.6 is 23.2 Å². The number of aryl methyl sites for hydroxylation is 1. The number of aliphatic hydroxyl groups excluding tert-OH is 1. The molecule has 1 N–H and O–H groups in total. The summed E-state index contributed by atoms with van der Waals surface area (Å²) in [7, 11) is 0. The van der Waals surface area contributed by atoms with Crippen LogP contribution in [0.25, 0.3) is 11.8 Å². The SMILES string of the molecule is CCOC(=O)C1=C(O)/C(=C/c2cc(C)n(-c3cccc(Cl)c3Cl)c2C)N=C1C. The highest BCUT2D eigenvalue weighted by molar-refractivity contribution is 6.43. The quantitative estimate of drug-likeness (QED) is 0.657. The van der Waals surface area contributed by atoms with Crippen LogP contribution < -0.4 is 0 Å². The minimum Gasteiger partial charge on any atom is -0.505 e. The third-order valence-corrected chi connectivity index (χ3v) is 5.35. The van der Waals surface area contributed by atoms with E-state index < -0.39 is 5.97 Å². The van der Waals surface area contributed by atoms with Gasteiger partial charge in [-0.2, -0.15) is 0 Å². The number of aliphatic imine (C=N–C) groups is 1. The van der Waals surface area contributed by atoms with Gasteiger partial charge in [0.2, 0.25) is 0 Å². The molecule has 1 aromatic heterocycles. The number of benzene rings is 1. The summed E-state index contributed by atoms with van der Waals surface area (Å²) >= 11 is 12.5. The highest BCUT2D eigenvalue weighted by atomic mass is 35.5. The predicted molar refractivity (Wildman–Crippen MR) is 113 cm³/mol. The second-order valence-corrected chi connectivity index (χ2v) is 7.19. The molecule has 3 rings (SSSR count). The smallest absolute Gasteiger partial charge is 0.343 e. The summed E-state index contributed by atoms with van der Waals surface area (Å²) in [6, 6.07) is 7.42. The van der Waals surface area contributed by atoms with Gasteiger partial charge in [0, 0.05) is 11.4 Å². The minimum absolute atomic E-state index is 0.0970. The van der Waals surface area contributed by atoms with Crippen LogP contribution in [-0.2, 0) is 9.53 Å². The first kappa shape index (κ1) is 20.2. The van der Waals surface area contributed by atoms with Gasteiger partial charge in [-0.15, -0.1) is 0 Å². The van der Waals surface area contributed by atoms with Crippen LogP contribution in [0, 0.1) is 13.8 Å². The number of carbonyl (C=O) groups excluding carboxylic acids is 1. The number of hydrogen-bond acceptors (Lipinski definition) is 4. The molecule has 0 amide bonds. The summed E-state index contributed by atoms with van der Waals surface area (Å²) in [6.07, 6.45) is 1.74. The molecule has 146 valence electrons. The Kier molecular flexibility index (Phi) is 5.68. The normalized spacial score (nSPS) is 15.4. The van der Waals surface area contributed by atoms with Crippen LogP contribution in [0.1, 0.15) is 30.8 Å². The summed E-state index contributed by atoms with van der Waals surface area (Å²) in [4.78, 5) is 16.4. The molecule has 0 saturated carbocycles. The van der Waals surface area contributed by atoms with Crippen molar-refractivity contribution in [3.8, 4) is 5.69 Å². The fourth-order valence-corrected chi connectivity index (χ4v) is 3.63. The fraction of sp³-hybridized carbons (Fsp3) is 0.238. The number of carbonyl (C=O) groups is 1. The third kappa shape index (κ3) is 3.48. The van der Waals surface area contributed by atoms with Gasteiger partial charge >= 0.3 is 5.97 Å². The van der Waals surface area contributed by atoms with Gasteiger partial charge in [-0.1, -0.05) is 29.3 Å². The van der Waals surface area contributed by atoms with Crippen molar-refractivity contribution in [3.05, 3.63) is 68.3 Å². The molecule has 0 aliphatic carbocycles. The molecule has 0 atom stereocenters. The number of hydrogen-bond donors (Lipinski definition) is 1. The van der Waals surface area contributed by atoms with Gasteiger partial charge in [0.05, 0.1) is 28.1 Å². The Hall–Kier alpha value is -2.50. The molecule has 0 fully saturated rings. The van der Waals surface area contributed by atoms with E-state index in [1.54, 1.807) is 26.0 Å². The largest absolute Gasteiger partial charge is 0.505 e. The fourth-order valence-electron chi connectivity index (χ4n) is 3.25. The Labute approximate surface area is 173 Å². The highest BCUT2D eigenvalue weighted by Crippen LogP contribution is 2.33. The molecule has 1 aromatic carbocycles. The van der Waals surface area contributed by atoms with Crippen molar-refractivity contribution in [1.82, 2.24) is 4.57 Å². The van der Waals surface area contributed by atoms with E-state index in [1.807, 2.05) is 36.6 Å². The second kappa shape index (κ2) is 7.86. The zero-order valence-electron chi connectivity index (χ0n) is 16.0. The van der Waals surface area contributed by atoms with Crippen molar-refractivity contribution < 1.29 is 14.6 Å². The van der Waals surface area contributed by atoms with Gasteiger partial charge in [0.15, 0.2) is 5.76 Å². The van der Waals surface area contributed by atoms with E-state index in [9.17, 15) is 9.90 Å². The van der Waals surface area contributed by atoms with Gasteiger partial charge < -0.3 is 14.4 Å². The Bertz CT molecular complexity index is 1060. The lowest BCUT2D eigenvalue weighted by atomic mass is 10.1. The number of aromatic nitrogens is 1. The summed E-state index contributed by atoms with van der Waals surface area (Å²) < 4.78 is 6.98. The predicted octanol–water partition coefficient (Wildman–Crippen LogP) is 5.59. The first-order valence-corrected chi connectivity index (χ1v) is 9.53. The van der Waals surface area contributed by atoms with Gasteiger partial charge in [-0.3, -0.25) is 0 Å². The van der Waals surface area contributed by atoms with Crippen LogP contribution in [0.15, 0.2) is 46.3 Å². The summed E-state index contributed by atoms with van der Waals surface area (Å²) in [5, 5.41) is 11.4. The van der Waals surface area contributed by atoms with E-state index in [4.69, 9.17) is 27.9 Å². The van der Waals surface area contributed by atoms with Crippen molar-refractivity contribution in [2.24, 2.45) is 4.99 Å². The van der Waals surface area contributed by atoms with Gasteiger partial charge in [-0.05, 0) is 57.5 Å². The molecule has 7 heteroatoms. The maximum absolute atomic E-state index is 12.1. The molecule has 1 aliphatic heterocycles. The molecule has 0 spiro atoms. The van der Waals surface area contributed by atoms with Crippen LogP contribution in [0.5, 0.6) is 0 Å². The molecular formula is C21H20Cl2N2O3. The van der Waals surface area contributed by atoms with Crippen LogP contribution in [0.4, 0.5) is 0 Å². The molecule has 28 heavy (non-hydrogen) atoms. The molecule has 1 aliphatic rings. The topological polar surface area (TPSA) is 63.8 Å². The van der Waals surface area contributed by atoms with Gasteiger partial charge in [0.1, 0.15) is 11.3 Å². The maximum atomic E-state index is 12.1. The van der Waals surface area contributed by atoms with Crippen molar-refractivity contribution in [2.75, 3.05) is 6.61 Å². The maximum Gasteiger partial charge on any atom is 0.343 e. The number of halogens is 2. The summed E-state index contributed by atoms with van der Waals surface area (Å²) in [6.45, 7) is 7.50. The number of rotatable bonds is 4. The number of esters is 1. The first-order valence-electron chi connectivity index (χ1n) is 8.77. The molecule has 0 saturated heterocycles. The summed E-state index contributed by atoms with van der Waals surface area (Å²) in [5.74, 6) is -0.762. The first-order chi connectivity index (χ1) is 13.3. The van der Waals surface area contributed by atoms with Gasteiger partial charge in [0.25, 0.3) is 0 Å². The molecule has 5 nitrogen and oxygen atoms in total. The van der Waals surface area contributed by atoms with E-state index in [0.29, 0.717) is 21.5 Å². The van der Waals surface area contributed by atoms with E-state index >= 15 is 0 Å². The van der Waals surface area contributed by atoms with Crippen molar-refractivity contribution in [3.63, 3.8) is 0 Å². The molecule has 0 bridgehead atoms. The Morgan fingerprint density at radius 2 is 2.00 bits per heavy atom. The molecule has 2 heterocycles. The molecule has 0 radical (unpaired) electrons. The standard InChI is InChI=1S/C21H20Cl2N2O3/c1-5-28-21(27)18-12(3)24-16(20(18)26)10-14-9-11(2)25(13(14)4)17-8-6-7-15(22)19(17)23/h6-10,26H,5H2,1-4H3/b16-10-. The highest BCUT2D eigenvalue weighted by Gasteiger charge is 2.28. The molecule has 2 aromatic rings. The number of ether oxygens (including phenoxy) is 1. The molecule has 0 unspecified atom stereocenters. The molecular weight excluding hydrogens is 399 g/mol. The summed E-state index contributed by atoms with van der Waals surface area (Å²) in [5.41, 5.74) is 4.30. The average molecular weight is 419 g/mol. The van der Waals surface area contributed by atoms with Crippen molar-refractivity contribution in [2.45, 2.75) is 27.7 Å². The Morgan fingerprint density at radius 3 is 2.68 bits per heavy atom. The number of aliphatic hydroxyl groups is 1. The monoisotopic (exact) mass is 418 g/mol. The van der Waals surface area contributed by atoms with Crippen molar-refractivity contribution in [1.29, 1.82) is 0 Å². The zero-order chi connectivity index (χ0) is 20.6. The van der Waals surface area contributed by atoms with E-state index in [-0.39, 0.29) is 17.9 Å². The lowest BCUT2D eigenvalue weighted by Crippen LogP contribution is -2.13. The van der Waals surface area contributed by atoms with Crippen LogP contribution in [-0.4, -0.2) is 28.0 Å². The van der Waals surface area contributed by atoms with Crippen molar-refractivity contribution >= 4 is 41.0 Å². The van der Waals surface area contributed by atoms with Crippen LogP contribution in [0.2, 0.25) is 10.0 Å².